The van der Waals surface area contributed by atoms with E-state index in [1.54, 1.807) is 0 Å². The molecule has 0 spiro atoms. The third-order valence-corrected chi connectivity index (χ3v) is 5.82. The van der Waals surface area contributed by atoms with E-state index in [0.29, 0.717) is 5.92 Å². The van der Waals surface area contributed by atoms with E-state index in [1.165, 1.54) is 17.2 Å². The second-order valence-corrected chi connectivity index (χ2v) is 10.4. The highest BCUT2D eigenvalue weighted by atomic mass is 28.3. The van der Waals surface area contributed by atoms with Crippen molar-refractivity contribution in [3.05, 3.63) is 47.2 Å². The van der Waals surface area contributed by atoms with E-state index < -0.39 is 8.07 Å². The molecule has 0 N–H and O–H groups in total. The molecule has 1 aliphatic rings. The molecule has 0 amide bonds. The fourth-order valence-electron chi connectivity index (χ4n) is 2.46. The van der Waals surface area contributed by atoms with Gasteiger partial charge in [0.1, 0.15) is 0 Å². The van der Waals surface area contributed by atoms with Crippen LogP contribution in [0.2, 0.25) is 13.1 Å². The van der Waals surface area contributed by atoms with Gasteiger partial charge in [-0.2, -0.15) is 0 Å². The summed E-state index contributed by atoms with van der Waals surface area (Å²) in [5.74, 6) is 0.623. The Hall–Kier alpha value is -0.863. The van der Waals surface area contributed by atoms with Gasteiger partial charge in [0.2, 0.25) is 0 Å². The maximum absolute atomic E-state index is 5.52. The molecular weight excluding hydrogens is 224 g/mol. The summed E-state index contributed by atoms with van der Waals surface area (Å²) >= 11 is 0. The molecule has 0 aromatic heterocycles. The predicted molar refractivity (Wildman–Crippen MR) is 75.7 cm³/mol. The quantitative estimate of drug-likeness (QED) is 0.740. The number of hydrogen-bond acceptors (Lipinski definition) is 1. The molecule has 1 unspecified atom stereocenters. The lowest BCUT2D eigenvalue weighted by atomic mass is 10.1. The zero-order chi connectivity index (χ0) is 12.3. The molecule has 0 radical (unpaired) electrons. The molecule has 92 valence electrons. The monoisotopic (exact) mass is 246 g/mol. The van der Waals surface area contributed by atoms with Crippen LogP contribution in [0.3, 0.4) is 0 Å². The van der Waals surface area contributed by atoms with Gasteiger partial charge < -0.3 is 4.74 Å². The highest BCUT2D eigenvalue weighted by molar-refractivity contribution is 6.81. The Balaban J connectivity index is 2.09. The Morgan fingerprint density at radius 3 is 2.59 bits per heavy atom. The molecule has 1 aliphatic heterocycles. The molecule has 1 heterocycles. The first-order valence-corrected chi connectivity index (χ1v) is 9.68. The highest BCUT2D eigenvalue weighted by Crippen LogP contribution is 2.23. The second-order valence-electron chi connectivity index (χ2n) is 5.79. The number of benzene rings is 1. The van der Waals surface area contributed by atoms with Crippen molar-refractivity contribution >= 4 is 8.07 Å². The van der Waals surface area contributed by atoms with Gasteiger partial charge in [-0.05, 0) is 11.6 Å². The summed E-state index contributed by atoms with van der Waals surface area (Å²) in [5, 5.41) is 0. The van der Waals surface area contributed by atoms with Crippen LogP contribution in [0.5, 0.6) is 0 Å². The Labute approximate surface area is 106 Å². The van der Waals surface area contributed by atoms with Crippen LogP contribution in [0.1, 0.15) is 12.5 Å². The molecule has 1 saturated heterocycles. The summed E-state index contributed by atoms with van der Waals surface area (Å²) < 4.78 is 5.52. The third-order valence-electron chi connectivity index (χ3n) is 3.35. The van der Waals surface area contributed by atoms with Gasteiger partial charge in [-0.15, -0.1) is 0 Å². The topological polar surface area (TPSA) is 9.23 Å². The van der Waals surface area contributed by atoms with E-state index in [-0.39, 0.29) is 0 Å². The minimum atomic E-state index is -1.29. The van der Waals surface area contributed by atoms with Crippen molar-refractivity contribution < 1.29 is 4.74 Å². The van der Waals surface area contributed by atoms with Crippen molar-refractivity contribution in [3.63, 3.8) is 0 Å². The van der Waals surface area contributed by atoms with Gasteiger partial charge in [-0.1, -0.05) is 61.6 Å². The molecule has 0 aliphatic carbocycles. The van der Waals surface area contributed by atoms with Crippen molar-refractivity contribution in [2.45, 2.75) is 26.1 Å². The molecule has 1 fully saturated rings. The summed E-state index contributed by atoms with van der Waals surface area (Å²) in [7, 11) is -1.29. The van der Waals surface area contributed by atoms with Gasteiger partial charge in [0, 0.05) is 5.92 Å². The second kappa shape index (κ2) is 5.19. The van der Waals surface area contributed by atoms with Crippen LogP contribution >= 0.6 is 0 Å². The van der Waals surface area contributed by atoms with Gasteiger partial charge in [0.25, 0.3) is 0 Å². The molecule has 1 aromatic rings. The maximum atomic E-state index is 5.52. The molecule has 1 nitrogen and oxygen atoms in total. The van der Waals surface area contributed by atoms with Crippen LogP contribution in [0.4, 0.5) is 0 Å². The van der Waals surface area contributed by atoms with Crippen molar-refractivity contribution in [3.8, 4) is 0 Å². The van der Waals surface area contributed by atoms with Crippen LogP contribution in [0, 0.1) is 5.92 Å². The first-order valence-electron chi connectivity index (χ1n) is 6.40. The van der Waals surface area contributed by atoms with Crippen LogP contribution in [-0.4, -0.2) is 21.3 Å². The molecule has 17 heavy (non-hydrogen) atoms. The smallest absolute Gasteiger partial charge is 0.0761 e. The summed E-state index contributed by atoms with van der Waals surface area (Å²) in [6, 6.07) is 12.1. The summed E-state index contributed by atoms with van der Waals surface area (Å²) in [4.78, 5) is 0. The number of rotatable bonds is 3. The van der Waals surface area contributed by atoms with Crippen LogP contribution in [0.25, 0.3) is 0 Å². The SMILES string of the molecule is CC1COC/C1=C\[Si](C)(C)Cc1ccccc1. The van der Waals surface area contributed by atoms with E-state index in [4.69, 9.17) is 4.74 Å². The van der Waals surface area contributed by atoms with E-state index in [2.05, 4.69) is 56.0 Å². The minimum absolute atomic E-state index is 0.623. The van der Waals surface area contributed by atoms with Gasteiger partial charge >= 0.3 is 0 Å². The average Bonchev–Trinajstić information content (AvgIpc) is 2.64. The Bertz CT molecular complexity index is 395. The maximum Gasteiger partial charge on any atom is 0.0761 e. The first-order chi connectivity index (χ1) is 8.07. The lowest BCUT2D eigenvalue weighted by Gasteiger charge is -2.20. The van der Waals surface area contributed by atoms with Gasteiger partial charge in [-0.25, -0.2) is 0 Å². The van der Waals surface area contributed by atoms with Crippen molar-refractivity contribution in [2.24, 2.45) is 5.92 Å². The average molecular weight is 246 g/mol. The molecule has 2 rings (SSSR count). The fourth-order valence-corrected chi connectivity index (χ4v) is 5.22. The standard InChI is InChI=1S/C15H22OSi/c1-13-9-16-10-15(13)12-17(2,3)11-14-7-5-4-6-8-14/h4-8,12-13H,9-11H2,1-3H3/b15-12+. The Morgan fingerprint density at radius 2 is 2.00 bits per heavy atom. The van der Waals surface area contributed by atoms with Crippen LogP contribution in [-0.2, 0) is 10.8 Å². The number of ether oxygens (including phenoxy) is 1. The largest absolute Gasteiger partial charge is 0.377 e. The normalized spacial score (nSPS) is 23.2. The zero-order valence-electron chi connectivity index (χ0n) is 11.1. The minimum Gasteiger partial charge on any atom is -0.377 e. The highest BCUT2D eigenvalue weighted by Gasteiger charge is 2.24. The molecule has 2 heteroatoms. The molecule has 0 saturated carbocycles. The molecular formula is C15H22OSi. The third kappa shape index (κ3) is 3.55. The fraction of sp³-hybridized carbons (Fsp3) is 0.467. The van der Waals surface area contributed by atoms with E-state index in [0.717, 1.165) is 13.2 Å². The Morgan fingerprint density at radius 1 is 1.29 bits per heavy atom. The number of hydrogen-bond donors (Lipinski definition) is 0. The summed E-state index contributed by atoms with van der Waals surface area (Å²) in [6.07, 6.45) is 0. The predicted octanol–water partition coefficient (Wildman–Crippen LogP) is 3.61. The van der Waals surface area contributed by atoms with Gasteiger partial charge in [-0.3, -0.25) is 0 Å². The van der Waals surface area contributed by atoms with Crippen LogP contribution in [0.15, 0.2) is 41.6 Å². The Kier molecular flexibility index (Phi) is 3.85. The molecule has 1 aromatic carbocycles. The molecule has 1 atom stereocenters. The van der Waals surface area contributed by atoms with Crippen molar-refractivity contribution in [1.29, 1.82) is 0 Å². The van der Waals surface area contributed by atoms with Gasteiger partial charge in [0.15, 0.2) is 0 Å². The lowest BCUT2D eigenvalue weighted by Crippen LogP contribution is -2.28. The zero-order valence-corrected chi connectivity index (χ0v) is 12.1. The van der Waals surface area contributed by atoms with E-state index >= 15 is 0 Å². The van der Waals surface area contributed by atoms with Crippen LogP contribution < -0.4 is 0 Å². The van der Waals surface area contributed by atoms with Crippen molar-refractivity contribution in [2.75, 3.05) is 13.2 Å². The van der Waals surface area contributed by atoms with Gasteiger partial charge in [0.05, 0.1) is 21.3 Å². The summed E-state index contributed by atoms with van der Waals surface area (Å²) in [6.45, 7) is 8.91. The van der Waals surface area contributed by atoms with Crippen molar-refractivity contribution in [1.82, 2.24) is 0 Å². The lowest BCUT2D eigenvalue weighted by molar-refractivity contribution is 0.191. The first kappa shape index (κ1) is 12.6. The van der Waals surface area contributed by atoms with E-state index in [9.17, 15) is 0 Å². The molecule has 0 bridgehead atoms. The summed E-state index contributed by atoms with van der Waals surface area (Å²) in [5.41, 5.74) is 5.54. The van der Waals surface area contributed by atoms with E-state index in [1.807, 2.05) is 0 Å².